The predicted octanol–water partition coefficient (Wildman–Crippen LogP) is 5.68. The van der Waals surface area contributed by atoms with Gasteiger partial charge in [-0.2, -0.15) is 0 Å². The lowest BCUT2D eigenvalue weighted by molar-refractivity contribution is 0.0783. The zero-order chi connectivity index (χ0) is 18.7. The number of hydrogen-bond donors (Lipinski definition) is 0. The molecule has 136 valence electrons. The maximum absolute atomic E-state index is 12.9. The Bertz CT molecular complexity index is 900. The van der Waals surface area contributed by atoms with E-state index in [0.717, 1.165) is 42.6 Å². The average molecular weight is 451 g/mol. The molecule has 3 aromatic rings. The Kier molecular flexibility index (Phi) is 6.21. The molecule has 4 nitrogen and oxygen atoms in total. The van der Waals surface area contributed by atoms with E-state index in [4.69, 9.17) is 4.52 Å². The van der Waals surface area contributed by atoms with E-state index in [1.807, 2.05) is 56.6 Å². The molecule has 0 saturated carbocycles. The van der Waals surface area contributed by atoms with Crippen molar-refractivity contribution in [1.29, 1.82) is 0 Å². The van der Waals surface area contributed by atoms with Crippen molar-refractivity contribution < 1.29 is 9.32 Å². The molecule has 0 spiro atoms. The van der Waals surface area contributed by atoms with Gasteiger partial charge in [-0.25, -0.2) is 0 Å². The number of nitrogens with zero attached hydrogens (tertiary/aromatic N) is 2. The number of aryl methyl sites for hydroxylation is 2. The Labute approximate surface area is 169 Å². The number of benzene rings is 1. The Morgan fingerprint density at radius 1 is 1.35 bits per heavy atom. The van der Waals surface area contributed by atoms with Crippen LogP contribution in [0.4, 0.5) is 0 Å². The summed E-state index contributed by atoms with van der Waals surface area (Å²) in [5.41, 5.74) is 2.72. The topological polar surface area (TPSA) is 46.3 Å². The van der Waals surface area contributed by atoms with Gasteiger partial charge in [-0.1, -0.05) is 17.3 Å². The van der Waals surface area contributed by atoms with Crippen LogP contribution in [0.5, 0.6) is 0 Å². The summed E-state index contributed by atoms with van der Waals surface area (Å²) in [4.78, 5) is 16.8. The monoisotopic (exact) mass is 450 g/mol. The van der Waals surface area contributed by atoms with E-state index >= 15 is 0 Å². The number of carbonyl (C=O) groups is 1. The molecule has 0 bridgehead atoms. The number of aromatic nitrogens is 1. The van der Waals surface area contributed by atoms with Gasteiger partial charge in [-0.15, -0.1) is 23.1 Å². The fourth-order valence-electron chi connectivity index (χ4n) is 2.57. The maximum Gasteiger partial charge on any atom is 0.255 e. The van der Waals surface area contributed by atoms with Gasteiger partial charge in [0.15, 0.2) is 0 Å². The third-order valence-electron chi connectivity index (χ3n) is 4.03. The molecule has 0 atom stereocenters. The fourth-order valence-corrected chi connectivity index (χ4v) is 5.28. The Balaban J connectivity index is 1.74. The molecule has 2 heterocycles. The van der Waals surface area contributed by atoms with Crippen LogP contribution in [0.2, 0.25) is 0 Å². The summed E-state index contributed by atoms with van der Waals surface area (Å²) in [5.74, 6) is 1.59. The minimum atomic E-state index is 0.0244. The molecule has 0 radical (unpaired) electrons. The molecule has 0 fully saturated rings. The smallest absolute Gasteiger partial charge is 0.255 e. The van der Waals surface area contributed by atoms with Gasteiger partial charge in [-0.3, -0.25) is 4.79 Å². The molecule has 26 heavy (non-hydrogen) atoms. The van der Waals surface area contributed by atoms with Crippen molar-refractivity contribution in [1.82, 2.24) is 10.1 Å². The molecular weight excluding hydrogens is 432 g/mol. The minimum Gasteiger partial charge on any atom is -0.361 e. The molecule has 0 aliphatic carbocycles. The van der Waals surface area contributed by atoms with Crippen molar-refractivity contribution >= 4 is 44.9 Å². The molecule has 1 amide bonds. The lowest BCUT2D eigenvalue weighted by Crippen LogP contribution is -2.26. The lowest BCUT2D eigenvalue weighted by Gasteiger charge is -2.18. The zero-order valence-corrected chi connectivity index (χ0v) is 18.0. The van der Waals surface area contributed by atoms with Crippen LogP contribution in [0.1, 0.15) is 32.3 Å². The summed E-state index contributed by atoms with van der Waals surface area (Å²) in [6, 6.07) is 9.79. The van der Waals surface area contributed by atoms with Crippen molar-refractivity contribution in [3.8, 4) is 0 Å². The second-order valence-electron chi connectivity index (χ2n) is 5.98. The van der Waals surface area contributed by atoms with Crippen LogP contribution in [0.25, 0.3) is 0 Å². The largest absolute Gasteiger partial charge is 0.361 e. The SMILES string of the molecule is Cc1noc(C)c1CSc1ccccc1C(=O)N(C)Cc1cc(Br)cs1. The van der Waals surface area contributed by atoms with Gasteiger partial charge in [0, 0.05) is 38.0 Å². The van der Waals surface area contributed by atoms with E-state index in [0.29, 0.717) is 6.54 Å². The molecule has 0 N–H and O–H groups in total. The van der Waals surface area contributed by atoms with Gasteiger partial charge in [0.25, 0.3) is 5.91 Å². The Morgan fingerprint density at radius 3 is 2.77 bits per heavy atom. The lowest BCUT2D eigenvalue weighted by atomic mass is 10.2. The molecule has 0 saturated heterocycles. The molecule has 1 aromatic carbocycles. The van der Waals surface area contributed by atoms with E-state index in [-0.39, 0.29) is 5.91 Å². The summed E-state index contributed by atoms with van der Waals surface area (Å²) >= 11 is 6.74. The first-order valence-corrected chi connectivity index (χ1v) is 10.7. The molecular formula is C19H19BrN2O2S2. The number of rotatable bonds is 6. The normalized spacial score (nSPS) is 10.9. The van der Waals surface area contributed by atoms with Crippen molar-refractivity contribution in [2.45, 2.75) is 31.0 Å². The highest BCUT2D eigenvalue weighted by Crippen LogP contribution is 2.30. The van der Waals surface area contributed by atoms with Crippen molar-refractivity contribution in [3.05, 3.63) is 67.6 Å². The van der Waals surface area contributed by atoms with Gasteiger partial charge in [0.2, 0.25) is 0 Å². The van der Waals surface area contributed by atoms with Crippen LogP contribution in [0.3, 0.4) is 0 Å². The second kappa shape index (κ2) is 8.41. The van der Waals surface area contributed by atoms with Crippen LogP contribution < -0.4 is 0 Å². The van der Waals surface area contributed by atoms with Gasteiger partial charge < -0.3 is 9.42 Å². The highest BCUT2D eigenvalue weighted by atomic mass is 79.9. The van der Waals surface area contributed by atoms with Gasteiger partial charge in [-0.05, 0) is 48.0 Å². The van der Waals surface area contributed by atoms with Gasteiger partial charge in [0.1, 0.15) is 5.76 Å². The van der Waals surface area contributed by atoms with E-state index in [1.54, 1.807) is 28.0 Å². The van der Waals surface area contributed by atoms with Crippen molar-refractivity contribution in [2.75, 3.05) is 7.05 Å². The first-order chi connectivity index (χ1) is 12.5. The molecule has 3 rings (SSSR count). The fraction of sp³-hybridized carbons (Fsp3) is 0.263. The summed E-state index contributed by atoms with van der Waals surface area (Å²) in [6.07, 6.45) is 0. The average Bonchev–Trinajstić information content (AvgIpc) is 3.18. The summed E-state index contributed by atoms with van der Waals surface area (Å²) in [5, 5.41) is 6.03. The molecule has 0 aliphatic rings. The highest BCUT2D eigenvalue weighted by molar-refractivity contribution is 9.10. The summed E-state index contributed by atoms with van der Waals surface area (Å²) in [7, 11) is 1.84. The number of amides is 1. The first kappa shape index (κ1) is 19.2. The number of halogens is 1. The molecule has 0 unspecified atom stereocenters. The zero-order valence-electron chi connectivity index (χ0n) is 14.8. The summed E-state index contributed by atoms with van der Waals surface area (Å²) < 4.78 is 6.28. The van der Waals surface area contributed by atoms with E-state index in [1.165, 1.54) is 0 Å². The Morgan fingerprint density at radius 2 is 2.12 bits per heavy atom. The standard InChI is InChI=1S/C19H19BrN2O2S2/c1-12-17(13(2)24-21-12)11-26-18-7-5-4-6-16(18)19(23)22(3)9-15-8-14(20)10-25-15/h4-8,10H,9,11H2,1-3H3. The van der Waals surface area contributed by atoms with E-state index in [2.05, 4.69) is 21.1 Å². The van der Waals surface area contributed by atoms with Crippen LogP contribution in [-0.2, 0) is 12.3 Å². The number of thioether (sulfide) groups is 1. The third-order valence-corrected chi connectivity index (χ3v) is 6.81. The second-order valence-corrected chi connectivity index (χ2v) is 8.91. The predicted molar refractivity (Wildman–Crippen MR) is 110 cm³/mol. The highest BCUT2D eigenvalue weighted by Gasteiger charge is 2.18. The third kappa shape index (κ3) is 4.39. The minimum absolute atomic E-state index is 0.0244. The van der Waals surface area contributed by atoms with Crippen molar-refractivity contribution in [3.63, 3.8) is 0 Å². The van der Waals surface area contributed by atoms with Crippen LogP contribution >= 0.6 is 39.0 Å². The number of carbonyl (C=O) groups excluding carboxylic acids is 1. The van der Waals surface area contributed by atoms with Gasteiger partial charge >= 0.3 is 0 Å². The van der Waals surface area contributed by atoms with E-state index in [9.17, 15) is 4.79 Å². The Hall–Kier alpha value is -1.57. The number of hydrogen-bond acceptors (Lipinski definition) is 5. The molecule has 0 aliphatic heterocycles. The van der Waals surface area contributed by atoms with Crippen LogP contribution in [0, 0.1) is 13.8 Å². The van der Waals surface area contributed by atoms with Crippen LogP contribution in [0.15, 0.2) is 49.6 Å². The van der Waals surface area contributed by atoms with Gasteiger partial charge in [0.05, 0.1) is 17.8 Å². The number of thiophene rings is 1. The van der Waals surface area contributed by atoms with Crippen LogP contribution in [-0.4, -0.2) is 23.0 Å². The molecule has 2 aromatic heterocycles. The molecule has 7 heteroatoms. The van der Waals surface area contributed by atoms with Crippen molar-refractivity contribution in [2.24, 2.45) is 0 Å². The summed E-state index contributed by atoms with van der Waals surface area (Å²) in [6.45, 7) is 4.45. The maximum atomic E-state index is 12.9. The van der Waals surface area contributed by atoms with E-state index < -0.39 is 0 Å². The quantitative estimate of drug-likeness (QED) is 0.453. The first-order valence-electron chi connectivity index (χ1n) is 8.07.